The van der Waals surface area contributed by atoms with Crippen LogP contribution in [0.2, 0.25) is 5.02 Å². The summed E-state index contributed by atoms with van der Waals surface area (Å²) in [6.07, 6.45) is 4.18. The van der Waals surface area contributed by atoms with Gasteiger partial charge < -0.3 is 29.6 Å². The van der Waals surface area contributed by atoms with Crippen molar-refractivity contribution in [1.82, 2.24) is 14.9 Å². The van der Waals surface area contributed by atoms with Crippen LogP contribution in [-0.4, -0.2) is 73.9 Å². The van der Waals surface area contributed by atoms with E-state index >= 15 is 0 Å². The number of aromatic nitrogens is 2. The van der Waals surface area contributed by atoms with Crippen LogP contribution in [0.4, 0.5) is 15.8 Å². The van der Waals surface area contributed by atoms with Crippen LogP contribution in [-0.2, 0) is 9.53 Å². The van der Waals surface area contributed by atoms with E-state index in [0.717, 1.165) is 45.0 Å². The molecule has 0 aliphatic carbocycles. The number of ether oxygens (including phenoxy) is 4. The minimum Gasteiger partial charge on any atom is -0.493 e. The standard InChI is InChI=1S/C31H33ClFN5O5/c1-40-28-18-24-26(19-29(28)42-14-2-11-38-12-15-41-16-13-38)35-9-7-27(24)43-31-25(32)17-23(20-36-31)37-30(39)8-10-34-22-5-3-21(33)4-6-22/h3-7,9,17-20,34H,2,8,10-16H2,1H3,(H,37,39). The zero-order valence-corrected chi connectivity index (χ0v) is 24.5. The summed E-state index contributed by atoms with van der Waals surface area (Å²) in [5.41, 5.74) is 1.82. The minimum absolute atomic E-state index is 0.174. The fourth-order valence-electron chi connectivity index (χ4n) is 4.57. The van der Waals surface area contributed by atoms with E-state index in [2.05, 4.69) is 25.5 Å². The minimum atomic E-state index is -0.318. The molecule has 0 bridgehead atoms. The molecule has 0 radical (unpaired) electrons. The summed E-state index contributed by atoms with van der Waals surface area (Å²) in [7, 11) is 1.59. The maximum atomic E-state index is 13.0. The Kier molecular flexibility index (Phi) is 10.4. The molecule has 1 aliphatic heterocycles. The number of halogens is 2. The summed E-state index contributed by atoms with van der Waals surface area (Å²) in [5.74, 6) is 1.27. The lowest BCUT2D eigenvalue weighted by Crippen LogP contribution is -2.37. The molecule has 1 fully saturated rings. The Bertz CT molecular complexity index is 1540. The fourth-order valence-corrected chi connectivity index (χ4v) is 4.77. The zero-order chi connectivity index (χ0) is 30.0. The molecule has 2 aromatic heterocycles. The highest BCUT2D eigenvalue weighted by Gasteiger charge is 2.15. The van der Waals surface area contributed by atoms with Gasteiger partial charge in [-0.3, -0.25) is 14.7 Å². The van der Waals surface area contributed by atoms with Crippen molar-refractivity contribution in [2.45, 2.75) is 12.8 Å². The van der Waals surface area contributed by atoms with Crippen LogP contribution in [0.25, 0.3) is 10.9 Å². The maximum absolute atomic E-state index is 13.0. The Labute approximate surface area is 254 Å². The second kappa shape index (κ2) is 14.8. The van der Waals surface area contributed by atoms with E-state index in [-0.39, 0.29) is 29.0 Å². The number of benzene rings is 2. The van der Waals surface area contributed by atoms with Crippen molar-refractivity contribution < 1.29 is 28.1 Å². The SMILES string of the molecule is COc1cc2c(Oc3ncc(NC(=O)CCNc4ccc(F)cc4)cc3Cl)ccnc2cc1OCCCN1CCOCC1. The first kappa shape index (κ1) is 30.3. The largest absolute Gasteiger partial charge is 0.493 e. The fraction of sp³-hybridized carbons (Fsp3) is 0.323. The number of carbonyl (C=O) groups is 1. The van der Waals surface area contributed by atoms with Crippen molar-refractivity contribution in [3.05, 3.63) is 71.8 Å². The Balaban J connectivity index is 1.18. The molecular formula is C31H33ClFN5O5. The molecule has 0 unspecified atom stereocenters. The monoisotopic (exact) mass is 609 g/mol. The van der Waals surface area contributed by atoms with Gasteiger partial charge in [-0.05, 0) is 48.9 Å². The van der Waals surface area contributed by atoms with Gasteiger partial charge in [-0.2, -0.15) is 0 Å². The van der Waals surface area contributed by atoms with Crippen molar-refractivity contribution in [2.24, 2.45) is 0 Å². The summed E-state index contributed by atoms with van der Waals surface area (Å²) in [6, 6.07) is 12.9. The lowest BCUT2D eigenvalue weighted by Gasteiger charge is -2.26. The number of nitrogens with one attached hydrogen (secondary N) is 2. The van der Waals surface area contributed by atoms with Gasteiger partial charge in [0.15, 0.2) is 11.5 Å². The molecule has 3 heterocycles. The summed E-state index contributed by atoms with van der Waals surface area (Å²) in [5, 5.41) is 6.76. The van der Waals surface area contributed by atoms with Gasteiger partial charge in [0.25, 0.3) is 0 Å². The molecule has 0 spiro atoms. The molecular weight excluding hydrogens is 577 g/mol. The molecule has 43 heavy (non-hydrogen) atoms. The third kappa shape index (κ3) is 8.44. The van der Waals surface area contributed by atoms with Crippen LogP contribution in [0, 0.1) is 5.82 Å². The van der Waals surface area contributed by atoms with Crippen LogP contribution < -0.4 is 24.8 Å². The average Bonchev–Trinajstić information content (AvgIpc) is 3.02. The van der Waals surface area contributed by atoms with Gasteiger partial charge in [-0.1, -0.05) is 11.6 Å². The third-order valence-corrected chi connectivity index (χ3v) is 7.06. The lowest BCUT2D eigenvalue weighted by molar-refractivity contribution is -0.115. The van der Waals surface area contributed by atoms with Crippen molar-refractivity contribution in [2.75, 3.05) is 63.7 Å². The molecule has 5 rings (SSSR count). The molecule has 10 nitrogen and oxygen atoms in total. The first-order valence-electron chi connectivity index (χ1n) is 14.0. The molecule has 1 amide bonds. The van der Waals surface area contributed by atoms with Crippen molar-refractivity contribution >= 4 is 39.8 Å². The number of methoxy groups -OCH3 is 1. The number of hydrogen-bond acceptors (Lipinski definition) is 9. The Morgan fingerprint density at radius 1 is 1.05 bits per heavy atom. The highest BCUT2D eigenvalue weighted by Crippen LogP contribution is 2.38. The summed E-state index contributed by atoms with van der Waals surface area (Å²) < 4.78 is 36.2. The van der Waals surface area contributed by atoms with Crippen LogP contribution in [0.15, 0.2) is 60.9 Å². The van der Waals surface area contributed by atoms with Crippen molar-refractivity contribution in [1.29, 1.82) is 0 Å². The third-order valence-electron chi connectivity index (χ3n) is 6.79. The number of morpholine rings is 1. The van der Waals surface area contributed by atoms with Gasteiger partial charge >= 0.3 is 0 Å². The topological polar surface area (TPSA) is 107 Å². The van der Waals surface area contributed by atoms with E-state index in [4.69, 9.17) is 30.5 Å². The van der Waals surface area contributed by atoms with E-state index in [1.54, 1.807) is 37.6 Å². The van der Waals surface area contributed by atoms with Gasteiger partial charge in [-0.15, -0.1) is 0 Å². The lowest BCUT2D eigenvalue weighted by atomic mass is 10.2. The Hall–Kier alpha value is -4.19. The number of anilines is 2. The summed E-state index contributed by atoms with van der Waals surface area (Å²) in [6.45, 7) is 5.30. The zero-order valence-electron chi connectivity index (χ0n) is 23.8. The smallest absolute Gasteiger partial charge is 0.238 e. The highest BCUT2D eigenvalue weighted by atomic mass is 35.5. The molecule has 1 saturated heterocycles. The molecule has 2 aromatic carbocycles. The van der Waals surface area contributed by atoms with E-state index < -0.39 is 0 Å². The number of amides is 1. The number of pyridine rings is 2. The predicted octanol–water partition coefficient (Wildman–Crippen LogP) is 5.77. The van der Waals surface area contributed by atoms with Gasteiger partial charge in [-0.25, -0.2) is 9.37 Å². The summed E-state index contributed by atoms with van der Waals surface area (Å²) in [4.78, 5) is 23.5. The molecule has 0 atom stereocenters. The highest BCUT2D eigenvalue weighted by molar-refractivity contribution is 6.32. The van der Waals surface area contributed by atoms with Gasteiger partial charge in [0.05, 0.1) is 44.3 Å². The number of carbonyl (C=O) groups excluding carboxylic acids is 1. The van der Waals surface area contributed by atoms with Crippen LogP contribution in [0.1, 0.15) is 12.8 Å². The van der Waals surface area contributed by atoms with Gasteiger partial charge in [0, 0.05) is 55.9 Å². The van der Waals surface area contributed by atoms with Crippen LogP contribution in [0.5, 0.6) is 23.1 Å². The number of fused-ring (bicyclic) bond motifs is 1. The van der Waals surface area contributed by atoms with Crippen LogP contribution >= 0.6 is 11.6 Å². The number of nitrogens with zero attached hydrogens (tertiary/aromatic N) is 3. The maximum Gasteiger partial charge on any atom is 0.238 e. The second-order valence-corrected chi connectivity index (χ2v) is 10.2. The first-order valence-corrected chi connectivity index (χ1v) is 14.4. The molecule has 0 saturated carbocycles. The van der Waals surface area contributed by atoms with E-state index in [0.29, 0.717) is 47.0 Å². The summed E-state index contributed by atoms with van der Waals surface area (Å²) >= 11 is 6.47. The molecule has 4 aromatic rings. The quantitative estimate of drug-likeness (QED) is 0.183. The molecule has 12 heteroatoms. The van der Waals surface area contributed by atoms with Crippen molar-refractivity contribution in [3.63, 3.8) is 0 Å². The molecule has 1 aliphatic rings. The predicted molar refractivity (Wildman–Crippen MR) is 163 cm³/mol. The second-order valence-electron chi connectivity index (χ2n) is 9.83. The van der Waals surface area contributed by atoms with E-state index in [1.165, 1.54) is 18.3 Å². The van der Waals surface area contributed by atoms with Crippen molar-refractivity contribution in [3.8, 4) is 23.1 Å². The van der Waals surface area contributed by atoms with E-state index in [9.17, 15) is 9.18 Å². The Morgan fingerprint density at radius 2 is 1.86 bits per heavy atom. The van der Waals surface area contributed by atoms with Crippen LogP contribution in [0.3, 0.4) is 0 Å². The van der Waals surface area contributed by atoms with Gasteiger partial charge in [0.2, 0.25) is 11.8 Å². The van der Waals surface area contributed by atoms with Gasteiger partial charge in [0.1, 0.15) is 16.6 Å². The molecule has 2 N–H and O–H groups in total. The average molecular weight is 610 g/mol. The number of rotatable bonds is 13. The Morgan fingerprint density at radius 3 is 2.63 bits per heavy atom. The number of hydrogen-bond donors (Lipinski definition) is 2. The molecule has 226 valence electrons. The normalized spacial score (nSPS) is 13.5. The first-order chi connectivity index (χ1) is 21.0. The van der Waals surface area contributed by atoms with E-state index in [1.807, 2.05) is 12.1 Å².